The molecule has 0 amide bonds. The summed E-state index contributed by atoms with van der Waals surface area (Å²) >= 11 is 15.3. The van der Waals surface area contributed by atoms with Crippen molar-refractivity contribution in [2.75, 3.05) is 0 Å². The highest BCUT2D eigenvalue weighted by Crippen LogP contribution is 2.26. The first-order chi connectivity index (χ1) is 31.8. The van der Waals surface area contributed by atoms with Gasteiger partial charge in [-0.3, -0.25) is 42.4 Å². The van der Waals surface area contributed by atoms with E-state index in [9.17, 15) is 29.4 Å². The summed E-state index contributed by atoms with van der Waals surface area (Å²) in [5, 5.41) is 29.1. The summed E-state index contributed by atoms with van der Waals surface area (Å²) in [6.45, 7) is 7.87. The molecule has 352 valence electrons. The highest BCUT2D eigenvalue weighted by atomic mass is 79.9. The fraction of sp³-hybridized carbons (Fsp3) is 0.304. The molecule has 3 N–H and O–H groups in total. The van der Waals surface area contributed by atoms with Crippen molar-refractivity contribution < 1.29 is 20.1 Å². The third-order valence-electron chi connectivity index (χ3n) is 10.4. The second-order valence-electron chi connectivity index (χ2n) is 15.8. The largest absolute Gasteiger partial charge is 0.506 e. The second kappa shape index (κ2) is 21.9. The zero-order valence-electron chi connectivity index (χ0n) is 37.5. The van der Waals surface area contributed by atoms with Crippen LogP contribution >= 0.6 is 39.1 Å². The molecule has 0 saturated carbocycles. The number of rotatable bonds is 12. The molecule has 0 aliphatic heterocycles. The number of aliphatic hydroxyl groups is 2. The number of hydrogen-bond donors (Lipinski definition) is 3. The molecule has 0 bridgehead atoms. The van der Waals surface area contributed by atoms with Crippen LogP contribution in [0.1, 0.15) is 49.2 Å². The molecule has 0 aliphatic rings. The van der Waals surface area contributed by atoms with Crippen molar-refractivity contribution in [3.05, 3.63) is 164 Å². The number of nitrogens with zero attached hydrogens (tertiary/aromatic N) is 10. The fourth-order valence-corrected chi connectivity index (χ4v) is 7.44. The molecule has 6 heterocycles. The predicted octanol–water partition coefficient (Wildman–Crippen LogP) is 6.09. The standard InChI is InChI=1S/C23H24ClN5O4.C17H18BrClN4O3.C6H7NO/c1-14-4-9-18(12-25-14)33-22-26-20-19(29(22)13-16-5-7-17(24)8-6-16)21(31)28(11-10-15(2)30)23(32)27(20)3;1-10(24)7-8-22-15(25)13-14(21(2)17(22)26)20-16(18)23(13)9-11-3-5-12(19)6-4-11;1-5-2-3-6(8)4-7-5/h4-9,12,15,30H,10-11,13H2,1-3H3;3-6,10,24H,7-9H2,1-2H3;2-4,8H,1H3. The molecule has 18 nitrogen and oxygen atoms in total. The molecule has 8 rings (SSSR count). The number of hydrogen-bond acceptors (Lipinski definition) is 12. The van der Waals surface area contributed by atoms with Gasteiger partial charge < -0.3 is 24.6 Å². The highest BCUT2D eigenvalue weighted by molar-refractivity contribution is 9.10. The van der Waals surface area contributed by atoms with Crippen molar-refractivity contribution in [3.8, 4) is 17.5 Å². The molecular formula is C46H49BrCl2N10O8. The first kappa shape index (κ1) is 50.0. The lowest BCUT2D eigenvalue weighted by molar-refractivity contribution is 0.176. The molecule has 0 fully saturated rings. The van der Waals surface area contributed by atoms with Crippen LogP contribution in [-0.2, 0) is 40.3 Å². The van der Waals surface area contributed by atoms with Crippen LogP contribution in [0.25, 0.3) is 22.3 Å². The number of pyridine rings is 2. The smallest absolute Gasteiger partial charge is 0.332 e. The van der Waals surface area contributed by atoms with Crippen LogP contribution in [0.2, 0.25) is 10.0 Å². The van der Waals surface area contributed by atoms with Crippen molar-refractivity contribution in [1.82, 2.24) is 47.3 Å². The quantitative estimate of drug-likeness (QED) is 0.118. The van der Waals surface area contributed by atoms with Crippen LogP contribution in [0.4, 0.5) is 0 Å². The van der Waals surface area contributed by atoms with E-state index >= 15 is 0 Å². The Morgan fingerprint density at radius 2 is 1.07 bits per heavy atom. The molecule has 2 aromatic carbocycles. The third kappa shape index (κ3) is 12.2. The van der Waals surface area contributed by atoms with Gasteiger partial charge in [0.25, 0.3) is 11.1 Å². The van der Waals surface area contributed by atoms with Gasteiger partial charge in [0.05, 0.1) is 37.7 Å². The Kier molecular flexibility index (Phi) is 16.4. The normalized spacial score (nSPS) is 12.0. The molecular weight excluding hydrogens is 971 g/mol. The highest BCUT2D eigenvalue weighted by Gasteiger charge is 2.23. The molecule has 0 spiro atoms. The number of benzene rings is 2. The molecule has 6 aromatic heterocycles. The number of ether oxygens (including phenoxy) is 1. The van der Waals surface area contributed by atoms with Crippen LogP contribution in [-0.4, -0.2) is 74.9 Å². The second-order valence-corrected chi connectivity index (χ2v) is 17.4. The summed E-state index contributed by atoms with van der Waals surface area (Å²) in [5.41, 5.74) is 2.78. The topological polar surface area (TPSA) is 219 Å². The van der Waals surface area contributed by atoms with Gasteiger partial charge in [0.1, 0.15) is 11.5 Å². The van der Waals surface area contributed by atoms with E-state index in [-0.39, 0.29) is 49.0 Å². The summed E-state index contributed by atoms with van der Waals surface area (Å²) in [6, 6.07) is 21.6. The van der Waals surface area contributed by atoms with E-state index in [4.69, 9.17) is 33.0 Å². The molecule has 8 aromatic rings. The van der Waals surface area contributed by atoms with E-state index < -0.39 is 34.7 Å². The lowest BCUT2D eigenvalue weighted by atomic mass is 10.2. The fourth-order valence-electron chi connectivity index (χ4n) is 6.72. The van der Waals surface area contributed by atoms with Gasteiger partial charge in [0, 0.05) is 48.6 Å². The monoisotopic (exact) mass is 1020 g/mol. The molecule has 0 aliphatic carbocycles. The summed E-state index contributed by atoms with van der Waals surface area (Å²) in [6.07, 6.45) is 2.32. The minimum Gasteiger partial charge on any atom is -0.506 e. The van der Waals surface area contributed by atoms with Crippen molar-refractivity contribution in [2.24, 2.45) is 14.1 Å². The molecule has 2 unspecified atom stereocenters. The average molecular weight is 1020 g/mol. The van der Waals surface area contributed by atoms with Gasteiger partial charge in [-0.1, -0.05) is 47.5 Å². The van der Waals surface area contributed by atoms with Crippen molar-refractivity contribution >= 4 is 61.5 Å². The number of aromatic nitrogens is 10. The van der Waals surface area contributed by atoms with Gasteiger partial charge in [-0.05, 0) is 116 Å². The number of aromatic hydroxyl groups is 1. The number of aliphatic hydroxyl groups excluding tert-OH is 2. The minimum absolute atomic E-state index is 0.0866. The molecule has 0 radical (unpaired) electrons. The summed E-state index contributed by atoms with van der Waals surface area (Å²) < 4.78 is 14.7. The van der Waals surface area contributed by atoms with E-state index in [2.05, 4.69) is 35.9 Å². The van der Waals surface area contributed by atoms with Crippen LogP contribution in [0.5, 0.6) is 17.5 Å². The van der Waals surface area contributed by atoms with E-state index in [1.165, 1.54) is 15.3 Å². The van der Waals surface area contributed by atoms with E-state index in [0.717, 1.165) is 31.6 Å². The van der Waals surface area contributed by atoms with Gasteiger partial charge >= 0.3 is 17.4 Å². The Hall–Kier alpha value is -6.38. The summed E-state index contributed by atoms with van der Waals surface area (Å²) in [4.78, 5) is 68.6. The number of fused-ring (bicyclic) bond motifs is 2. The Balaban J connectivity index is 0.000000193. The van der Waals surface area contributed by atoms with Crippen molar-refractivity contribution in [1.29, 1.82) is 0 Å². The summed E-state index contributed by atoms with van der Waals surface area (Å²) in [5.74, 6) is 0.670. The maximum atomic E-state index is 13.4. The maximum Gasteiger partial charge on any atom is 0.332 e. The Labute approximate surface area is 401 Å². The zero-order chi connectivity index (χ0) is 48.7. The Morgan fingerprint density at radius 3 is 1.51 bits per heavy atom. The maximum absolute atomic E-state index is 13.4. The molecule has 0 saturated heterocycles. The number of halogens is 3. The SMILES string of the molecule is CC(O)CCn1c(=O)c2c(nc(Br)n2Cc2ccc(Cl)cc2)n(C)c1=O.Cc1ccc(O)cn1.Cc1ccc(Oc2nc3c(c(=O)n(CCC(C)O)c(=O)n3C)n2Cc2ccc(Cl)cc2)cn1. The van der Waals surface area contributed by atoms with Crippen molar-refractivity contribution in [2.45, 2.75) is 78.9 Å². The van der Waals surface area contributed by atoms with Crippen LogP contribution < -0.4 is 27.2 Å². The minimum atomic E-state index is -0.649. The number of aryl methyl sites for hydroxylation is 4. The lowest BCUT2D eigenvalue weighted by Crippen LogP contribution is -2.40. The molecule has 2 atom stereocenters. The van der Waals surface area contributed by atoms with Gasteiger partial charge in [0.2, 0.25) is 0 Å². The van der Waals surface area contributed by atoms with Crippen LogP contribution in [0, 0.1) is 13.8 Å². The van der Waals surface area contributed by atoms with Gasteiger partial charge in [-0.25, -0.2) is 14.6 Å². The van der Waals surface area contributed by atoms with E-state index in [0.29, 0.717) is 44.7 Å². The van der Waals surface area contributed by atoms with Gasteiger partial charge in [-0.15, -0.1) is 0 Å². The average Bonchev–Trinajstić information content (AvgIpc) is 3.82. The molecule has 21 heteroatoms. The van der Waals surface area contributed by atoms with E-state index in [1.54, 1.807) is 91.8 Å². The van der Waals surface area contributed by atoms with E-state index in [1.807, 2.05) is 38.1 Å². The zero-order valence-corrected chi connectivity index (χ0v) is 40.6. The Morgan fingerprint density at radius 1 is 0.627 bits per heavy atom. The third-order valence-corrected chi connectivity index (χ3v) is 11.5. The first-order valence-electron chi connectivity index (χ1n) is 21.0. The Bertz CT molecular complexity index is 3210. The lowest BCUT2D eigenvalue weighted by Gasteiger charge is -2.12. The van der Waals surface area contributed by atoms with Crippen LogP contribution in [0.3, 0.4) is 0 Å². The van der Waals surface area contributed by atoms with Gasteiger partial charge in [-0.2, -0.15) is 4.98 Å². The van der Waals surface area contributed by atoms with Gasteiger partial charge in [0.15, 0.2) is 27.1 Å². The number of imidazole rings is 2. The summed E-state index contributed by atoms with van der Waals surface area (Å²) in [7, 11) is 3.13. The van der Waals surface area contributed by atoms with Crippen molar-refractivity contribution in [3.63, 3.8) is 0 Å². The molecule has 67 heavy (non-hydrogen) atoms. The van der Waals surface area contributed by atoms with Crippen LogP contribution in [0.15, 0.2) is 109 Å². The predicted molar refractivity (Wildman–Crippen MR) is 260 cm³/mol. The first-order valence-corrected chi connectivity index (χ1v) is 22.5.